The second kappa shape index (κ2) is 7.61. The number of carbonyl (C=O) groups excluding carboxylic acids is 1. The van der Waals surface area contributed by atoms with E-state index in [2.05, 4.69) is 45.5 Å². The molecule has 1 saturated heterocycles. The number of H-pyrrole nitrogens is 1. The van der Waals surface area contributed by atoms with Crippen molar-refractivity contribution in [1.82, 2.24) is 29.5 Å². The molecule has 142 valence electrons. The zero-order valence-corrected chi connectivity index (χ0v) is 16.4. The molecule has 0 aliphatic carbocycles. The highest BCUT2D eigenvalue weighted by Gasteiger charge is 2.34. The minimum absolute atomic E-state index is 0.0230. The molecule has 3 rings (SSSR count). The van der Waals surface area contributed by atoms with Crippen molar-refractivity contribution in [3.8, 4) is 0 Å². The number of nitrogens with one attached hydrogen (secondary N) is 1. The van der Waals surface area contributed by atoms with Crippen molar-refractivity contribution in [1.29, 1.82) is 0 Å². The first-order valence-corrected chi connectivity index (χ1v) is 9.35. The predicted molar refractivity (Wildman–Crippen MR) is 101 cm³/mol. The van der Waals surface area contributed by atoms with Gasteiger partial charge in [0.2, 0.25) is 0 Å². The van der Waals surface area contributed by atoms with Crippen LogP contribution in [-0.2, 0) is 7.05 Å². The number of aromatic nitrogens is 4. The Morgan fingerprint density at radius 3 is 2.81 bits per heavy atom. The van der Waals surface area contributed by atoms with Crippen molar-refractivity contribution in [3.05, 3.63) is 35.7 Å². The third-order valence-corrected chi connectivity index (χ3v) is 5.46. The van der Waals surface area contributed by atoms with E-state index < -0.39 is 0 Å². The Balaban J connectivity index is 1.74. The number of amides is 1. The molecule has 2 aromatic heterocycles. The highest BCUT2D eigenvalue weighted by Crippen LogP contribution is 2.35. The van der Waals surface area contributed by atoms with Crippen LogP contribution in [0.4, 0.5) is 0 Å². The summed E-state index contributed by atoms with van der Waals surface area (Å²) >= 11 is 0. The smallest absolute Gasteiger partial charge is 0.274 e. The number of aryl methyl sites for hydroxylation is 1. The molecule has 7 heteroatoms. The topological polar surface area (TPSA) is 70.1 Å². The van der Waals surface area contributed by atoms with E-state index in [1.807, 2.05) is 37.6 Å². The lowest BCUT2D eigenvalue weighted by atomic mass is 9.87. The lowest BCUT2D eigenvalue weighted by Gasteiger charge is -2.40. The average molecular weight is 358 g/mol. The van der Waals surface area contributed by atoms with Gasteiger partial charge >= 0.3 is 0 Å². The van der Waals surface area contributed by atoms with Crippen LogP contribution in [0.25, 0.3) is 0 Å². The van der Waals surface area contributed by atoms with Gasteiger partial charge in [-0.1, -0.05) is 13.8 Å². The second-order valence-electron chi connectivity index (χ2n) is 7.81. The normalized spacial score (nSPS) is 21.3. The molecule has 2 atom stereocenters. The number of rotatable bonds is 5. The standard InChI is InChI=1S/C19H30N6O/c1-13(2)15-9-16(22-21-15)19(26)24(4)11-14-7-6-8-23(3)18(14)17-10-20-12-25(17)5/h9-10,12-14,18H,6-8,11H2,1-5H3,(H,21,22)/t14-,18+/m0/s1. The molecule has 26 heavy (non-hydrogen) atoms. The molecule has 1 aliphatic rings. The highest BCUT2D eigenvalue weighted by molar-refractivity contribution is 5.92. The van der Waals surface area contributed by atoms with Crippen LogP contribution < -0.4 is 0 Å². The maximum Gasteiger partial charge on any atom is 0.274 e. The van der Waals surface area contributed by atoms with E-state index in [4.69, 9.17) is 0 Å². The van der Waals surface area contributed by atoms with E-state index in [-0.39, 0.29) is 11.9 Å². The molecule has 0 bridgehead atoms. The second-order valence-corrected chi connectivity index (χ2v) is 7.81. The summed E-state index contributed by atoms with van der Waals surface area (Å²) in [4.78, 5) is 21.3. The van der Waals surface area contributed by atoms with E-state index in [1.165, 1.54) is 5.69 Å². The Labute approximate surface area is 155 Å². The Bertz CT molecular complexity index is 749. The number of imidazole rings is 1. The van der Waals surface area contributed by atoms with Crippen molar-refractivity contribution >= 4 is 5.91 Å². The predicted octanol–water partition coefficient (Wildman–Crippen LogP) is 2.42. The number of nitrogens with zero attached hydrogens (tertiary/aromatic N) is 5. The third-order valence-electron chi connectivity index (χ3n) is 5.46. The van der Waals surface area contributed by atoms with E-state index in [0.29, 0.717) is 24.1 Å². The minimum atomic E-state index is -0.0230. The Morgan fingerprint density at radius 1 is 1.42 bits per heavy atom. The van der Waals surface area contributed by atoms with Crippen molar-refractivity contribution in [3.63, 3.8) is 0 Å². The molecule has 0 radical (unpaired) electrons. The number of carbonyl (C=O) groups is 1. The van der Waals surface area contributed by atoms with Crippen molar-refractivity contribution in [2.45, 2.75) is 38.6 Å². The monoisotopic (exact) mass is 358 g/mol. The van der Waals surface area contributed by atoms with Gasteiger partial charge in [0.05, 0.1) is 18.1 Å². The van der Waals surface area contributed by atoms with E-state index in [9.17, 15) is 4.79 Å². The summed E-state index contributed by atoms with van der Waals surface area (Å²) < 4.78 is 2.09. The van der Waals surface area contributed by atoms with E-state index in [0.717, 1.165) is 25.1 Å². The lowest BCUT2D eigenvalue weighted by Crippen LogP contribution is -2.43. The molecule has 0 spiro atoms. The molecule has 2 aromatic rings. The van der Waals surface area contributed by atoms with E-state index >= 15 is 0 Å². The molecule has 1 N–H and O–H groups in total. The van der Waals surface area contributed by atoms with Gasteiger partial charge in [-0.3, -0.25) is 14.8 Å². The fraction of sp³-hybridized carbons (Fsp3) is 0.632. The van der Waals surface area contributed by atoms with Gasteiger partial charge in [-0.25, -0.2) is 4.98 Å². The molecular weight excluding hydrogens is 328 g/mol. The van der Waals surface area contributed by atoms with Crippen LogP contribution in [-0.4, -0.2) is 62.6 Å². The van der Waals surface area contributed by atoms with Gasteiger partial charge in [-0.15, -0.1) is 0 Å². The summed E-state index contributed by atoms with van der Waals surface area (Å²) in [6.45, 7) is 5.95. The Hall–Kier alpha value is -2.15. The Kier molecular flexibility index (Phi) is 5.46. The molecule has 1 fully saturated rings. The first kappa shape index (κ1) is 18.6. The summed E-state index contributed by atoms with van der Waals surface area (Å²) in [6, 6.07) is 2.15. The van der Waals surface area contributed by atoms with Crippen LogP contribution in [0.1, 0.15) is 60.5 Å². The van der Waals surface area contributed by atoms with Crippen molar-refractivity contribution in [2.75, 3.05) is 27.2 Å². The number of piperidine rings is 1. The van der Waals surface area contributed by atoms with Gasteiger partial charge in [0.15, 0.2) is 0 Å². The summed E-state index contributed by atoms with van der Waals surface area (Å²) in [5, 5.41) is 7.18. The van der Waals surface area contributed by atoms with E-state index in [1.54, 1.807) is 0 Å². The number of hydrogen-bond acceptors (Lipinski definition) is 4. The maximum atomic E-state index is 12.8. The fourth-order valence-electron chi connectivity index (χ4n) is 3.94. The molecule has 1 aliphatic heterocycles. The van der Waals surface area contributed by atoms with Crippen LogP contribution in [0.15, 0.2) is 18.6 Å². The van der Waals surface area contributed by atoms with Gasteiger partial charge in [0.25, 0.3) is 5.91 Å². The molecule has 0 unspecified atom stereocenters. The molecule has 0 aromatic carbocycles. The van der Waals surface area contributed by atoms with Crippen molar-refractivity contribution < 1.29 is 4.79 Å². The Morgan fingerprint density at radius 2 is 2.19 bits per heavy atom. The SMILES string of the molecule is CC(C)c1cc(C(=O)N(C)C[C@@H]2CCCN(C)[C@H]2c2cncn2C)n[nH]1. The summed E-state index contributed by atoms with van der Waals surface area (Å²) in [5.74, 6) is 0.683. The summed E-state index contributed by atoms with van der Waals surface area (Å²) in [7, 11) is 6.07. The highest BCUT2D eigenvalue weighted by atomic mass is 16.2. The van der Waals surface area contributed by atoms with Gasteiger partial charge in [0, 0.05) is 32.5 Å². The maximum absolute atomic E-state index is 12.8. The zero-order chi connectivity index (χ0) is 18.8. The molecule has 0 saturated carbocycles. The van der Waals surface area contributed by atoms with Gasteiger partial charge in [-0.05, 0) is 44.3 Å². The quantitative estimate of drug-likeness (QED) is 0.891. The van der Waals surface area contributed by atoms with Gasteiger partial charge in [-0.2, -0.15) is 5.10 Å². The fourth-order valence-corrected chi connectivity index (χ4v) is 3.94. The molecular formula is C19H30N6O. The largest absolute Gasteiger partial charge is 0.340 e. The molecule has 7 nitrogen and oxygen atoms in total. The van der Waals surface area contributed by atoms with Crippen LogP contribution >= 0.6 is 0 Å². The van der Waals surface area contributed by atoms with Crippen LogP contribution in [0.2, 0.25) is 0 Å². The molecule has 1 amide bonds. The molecule has 3 heterocycles. The van der Waals surface area contributed by atoms with Crippen LogP contribution in [0.5, 0.6) is 0 Å². The lowest BCUT2D eigenvalue weighted by molar-refractivity contribution is 0.0628. The van der Waals surface area contributed by atoms with Crippen LogP contribution in [0.3, 0.4) is 0 Å². The van der Waals surface area contributed by atoms with Crippen LogP contribution in [0, 0.1) is 5.92 Å². The zero-order valence-electron chi connectivity index (χ0n) is 16.4. The summed E-state index contributed by atoms with van der Waals surface area (Å²) in [5.41, 5.74) is 2.70. The first-order chi connectivity index (χ1) is 12.4. The van der Waals surface area contributed by atoms with Gasteiger partial charge in [0.1, 0.15) is 5.69 Å². The summed E-state index contributed by atoms with van der Waals surface area (Å²) in [6.07, 6.45) is 6.05. The first-order valence-electron chi connectivity index (χ1n) is 9.35. The number of hydrogen-bond donors (Lipinski definition) is 1. The average Bonchev–Trinajstić information content (AvgIpc) is 3.24. The van der Waals surface area contributed by atoms with Gasteiger partial charge < -0.3 is 9.47 Å². The minimum Gasteiger partial charge on any atom is -0.340 e. The third kappa shape index (κ3) is 3.67. The number of aromatic amines is 1. The number of likely N-dealkylation sites (tertiary alicyclic amines) is 1. The van der Waals surface area contributed by atoms with Crippen molar-refractivity contribution in [2.24, 2.45) is 13.0 Å².